The third kappa shape index (κ3) is 6.85. The van der Waals surface area contributed by atoms with Crippen LogP contribution in [0.15, 0.2) is 107 Å². The van der Waals surface area contributed by atoms with Gasteiger partial charge in [0.1, 0.15) is 6.17 Å². The highest BCUT2D eigenvalue weighted by Gasteiger charge is 2.65. The molecule has 0 spiro atoms. The van der Waals surface area contributed by atoms with Gasteiger partial charge in [-0.2, -0.15) is 10.3 Å². The molecule has 0 amide bonds. The van der Waals surface area contributed by atoms with E-state index in [2.05, 4.69) is 171 Å². The van der Waals surface area contributed by atoms with Crippen molar-refractivity contribution in [3.63, 3.8) is 0 Å². The number of hydrogen-bond donors (Lipinski definition) is 1. The normalized spacial score (nSPS) is 36.9. The van der Waals surface area contributed by atoms with E-state index < -0.39 is 0 Å². The summed E-state index contributed by atoms with van der Waals surface area (Å²) in [7, 11) is 0. The molecule has 0 bridgehead atoms. The number of aromatic nitrogens is 1. The van der Waals surface area contributed by atoms with Crippen LogP contribution in [-0.4, -0.2) is 45.2 Å². The summed E-state index contributed by atoms with van der Waals surface area (Å²) in [6.07, 6.45) is 44.2. The van der Waals surface area contributed by atoms with Crippen LogP contribution in [0.4, 0.5) is 5.69 Å². The number of rotatable bonds is 5. The Kier molecular flexibility index (Phi) is 10.4. The summed E-state index contributed by atoms with van der Waals surface area (Å²) in [4.78, 5) is 2.96. The van der Waals surface area contributed by atoms with Gasteiger partial charge in [0.25, 0.3) is 0 Å². The average Bonchev–Trinajstić information content (AvgIpc) is 3.54. The molecule has 1 aromatic heterocycles. The van der Waals surface area contributed by atoms with Crippen LogP contribution in [0.2, 0.25) is 0 Å². The number of nitrogens with one attached hydrogen (secondary N) is 1. The molecule has 1 saturated carbocycles. The summed E-state index contributed by atoms with van der Waals surface area (Å²) in [5, 5.41) is 21.7. The van der Waals surface area contributed by atoms with Crippen LogP contribution >= 0.6 is 0 Å². The van der Waals surface area contributed by atoms with Crippen LogP contribution in [-0.2, 0) is 24.7 Å². The first-order valence-corrected chi connectivity index (χ1v) is 27.7. The lowest BCUT2D eigenvalue weighted by molar-refractivity contribution is 0.231. The Labute approximate surface area is 414 Å². The highest BCUT2D eigenvalue weighted by atomic mass is 15.9. The van der Waals surface area contributed by atoms with E-state index in [0.717, 1.165) is 44.9 Å². The molecule has 11 aliphatic rings. The van der Waals surface area contributed by atoms with Gasteiger partial charge in [-0.15, -0.1) is 0 Å². The lowest BCUT2D eigenvalue weighted by Crippen LogP contribution is -2.54. The van der Waals surface area contributed by atoms with Crippen molar-refractivity contribution < 1.29 is 0 Å². The first-order valence-electron chi connectivity index (χ1n) is 27.7. The predicted molar refractivity (Wildman–Crippen MR) is 282 cm³/mol. The fourth-order valence-corrected chi connectivity index (χ4v) is 16.2. The van der Waals surface area contributed by atoms with Crippen molar-refractivity contribution >= 4 is 11.8 Å². The summed E-state index contributed by atoms with van der Waals surface area (Å²) in [6.45, 7) is 19.4. The molecular formula is C63H78N6. The number of anilines is 1. The molecule has 360 valence electrons. The topological polar surface area (TPSA) is 50.0 Å². The zero-order valence-electron chi connectivity index (χ0n) is 43.1. The lowest BCUT2D eigenvalue weighted by atomic mass is 9.73. The Morgan fingerprint density at radius 2 is 1.64 bits per heavy atom. The Balaban J connectivity index is 0.962. The van der Waals surface area contributed by atoms with Gasteiger partial charge in [-0.1, -0.05) is 139 Å². The fraction of sp³-hybridized carbons (Fsp3) is 0.571. The number of nitriles is 1. The number of nitrogens with zero attached hydrogens (tertiary/aromatic N) is 5. The van der Waals surface area contributed by atoms with Crippen LogP contribution in [0.3, 0.4) is 0 Å². The molecule has 8 aliphatic carbocycles. The van der Waals surface area contributed by atoms with Crippen LogP contribution in [0, 0.1) is 45.8 Å². The van der Waals surface area contributed by atoms with E-state index in [0.29, 0.717) is 35.9 Å². The summed E-state index contributed by atoms with van der Waals surface area (Å²) in [5.74, 6) is 1.54. The molecule has 6 nitrogen and oxygen atoms in total. The van der Waals surface area contributed by atoms with E-state index in [1.165, 1.54) is 73.0 Å². The van der Waals surface area contributed by atoms with Crippen LogP contribution in [0.25, 0.3) is 6.08 Å². The van der Waals surface area contributed by atoms with Gasteiger partial charge in [0.2, 0.25) is 0 Å². The zero-order valence-corrected chi connectivity index (χ0v) is 43.1. The summed E-state index contributed by atoms with van der Waals surface area (Å²) in [5.41, 5.74) is 18.8. The van der Waals surface area contributed by atoms with Crippen molar-refractivity contribution in [1.82, 2.24) is 19.9 Å². The standard InChI is InChI=1S/C63H78N6/c1-61(2,3)41-27-30-54-47(34-41)48-35-42(62(4,5)6)28-31-55(48)67(54)57-36-56(66-52-24-16-13-21-45(52)46-22-14-17-25-53(46)66)40(37-64)32-49(57)59-65-58(68-60(69(59)68)38-18-10-9-11-19-38)39-26-29-44-43-20-12-15-23-50(43)63(7,8)51(44)33-39/h9-11,16,18,20,23-24,27,30,32-35,38-40,44,48,55-60,65H,12-15,17,19,21-22,25-26,28-29,31,36H2,1-8H3. The van der Waals surface area contributed by atoms with E-state index in [-0.39, 0.29) is 46.6 Å². The van der Waals surface area contributed by atoms with Gasteiger partial charge >= 0.3 is 0 Å². The van der Waals surface area contributed by atoms with Gasteiger partial charge < -0.3 is 9.47 Å². The van der Waals surface area contributed by atoms with Gasteiger partial charge in [-0.05, 0) is 152 Å². The molecular weight excluding hydrogens is 841 g/mol. The second kappa shape index (κ2) is 16.0. The lowest BCUT2D eigenvalue weighted by Gasteiger charge is -2.46. The Morgan fingerprint density at radius 3 is 2.43 bits per heavy atom. The van der Waals surface area contributed by atoms with Gasteiger partial charge in [0.15, 0.2) is 0 Å². The molecule has 13 unspecified atom stereocenters. The summed E-state index contributed by atoms with van der Waals surface area (Å²) < 4.78 is 2.76. The first kappa shape index (κ1) is 44.5. The largest absolute Gasteiger partial charge is 0.360 e. The smallest absolute Gasteiger partial charge is 0.101 e. The number of hydrazine groups is 1. The minimum absolute atomic E-state index is 0.0230. The van der Waals surface area contributed by atoms with E-state index in [1.54, 1.807) is 39.1 Å². The van der Waals surface area contributed by atoms with Crippen molar-refractivity contribution in [3.8, 4) is 6.07 Å². The minimum Gasteiger partial charge on any atom is -0.360 e. The molecule has 69 heavy (non-hydrogen) atoms. The minimum atomic E-state index is -0.221. The Morgan fingerprint density at radius 1 is 0.797 bits per heavy atom. The highest BCUT2D eigenvalue weighted by molar-refractivity contribution is 5.68. The second-order valence-corrected chi connectivity index (χ2v) is 25.7. The molecule has 1 aromatic carbocycles. The maximum Gasteiger partial charge on any atom is 0.101 e. The first-order chi connectivity index (χ1) is 33.2. The molecule has 4 heterocycles. The monoisotopic (exact) mass is 919 g/mol. The maximum atomic E-state index is 11.6. The molecule has 13 rings (SSSR count). The van der Waals surface area contributed by atoms with Crippen LogP contribution in [0.5, 0.6) is 0 Å². The van der Waals surface area contributed by atoms with Gasteiger partial charge in [-0.3, -0.25) is 5.32 Å². The summed E-state index contributed by atoms with van der Waals surface area (Å²) >= 11 is 0. The third-order valence-corrected chi connectivity index (χ3v) is 19.6. The van der Waals surface area contributed by atoms with E-state index >= 15 is 0 Å². The number of hydrogen-bond acceptors (Lipinski definition) is 5. The molecule has 3 fully saturated rings. The SMILES string of the molecule is CC(C)(C)C1=CC2c3cc(C(C)(C)C)ccc3N(C3CC(n4c5c(c6c4CCCC6)CCC=C5)C(C#N)C=C3C3NC(C4C=C5C(CC4)C4=CCCC=C4C5(C)C)N4C(C5C=CC=CC5)N34)C2CC1. The third-order valence-electron chi connectivity index (χ3n) is 19.6. The van der Waals surface area contributed by atoms with E-state index in [1.807, 2.05) is 0 Å². The molecule has 2 saturated heterocycles. The van der Waals surface area contributed by atoms with Crippen LogP contribution < -0.4 is 10.2 Å². The summed E-state index contributed by atoms with van der Waals surface area (Å²) in [6, 6.07) is 11.2. The molecule has 0 radical (unpaired) electrons. The van der Waals surface area contributed by atoms with E-state index in [9.17, 15) is 5.26 Å². The number of fused-ring (bicyclic) bond motifs is 10. The molecule has 2 aromatic rings. The average molecular weight is 919 g/mol. The van der Waals surface area contributed by atoms with Gasteiger partial charge in [0, 0.05) is 52.2 Å². The predicted octanol–water partition coefficient (Wildman–Crippen LogP) is 13.6. The Hall–Kier alpha value is -4.41. The van der Waals surface area contributed by atoms with Crippen LogP contribution in [0.1, 0.15) is 172 Å². The van der Waals surface area contributed by atoms with E-state index in [4.69, 9.17) is 0 Å². The van der Waals surface area contributed by atoms with Crippen molar-refractivity contribution in [2.45, 2.75) is 193 Å². The maximum absolute atomic E-state index is 11.6. The fourth-order valence-electron chi connectivity index (χ4n) is 16.2. The van der Waals surface area contributed by atoms with Crippen molar-refractivity contribution in [2.24, 2.45) is 34.5 Å². The highest BCUT2D eigenvalue weighted by Crippen LogP contribution is 2.61. The zero-order chi connectivity index (χ0) is 47.3. The number of allylic oxidation sites excluding steroid dienone is 11. The van der Waals surface area contributed by atoms with Gasteiger partial charge in [-0.25, -0.2) is 5.01 Å². The Bertz CT molecular complexity index is 2770. The molecule has 13 atom stereocenters. The quantitative estimate of drug-likeness (QED) is 0.239. The number of benzene rings is 1. The van der Waals surface area contributed by atoms with Crippen molar-refractivity contribution in [3.05, 3.63) is 140 Å². The second-order valence-electron chi connectivity index (χ2n) is 25.7. The van der Waals surface area contributed by atoms with Crippen molar-refractivity contribution in [2.75, 3.05) is 4.90 Å². The van der Waals surface area contributed by atoms with Gasteiger partial charge in [0.05, 0.1) is 36.4 Å². The molecule has 1 N–H and O–H groups in total. The molecule has 6 heteroatoms. The molecule has 3 aliphatic heterocycles. The van der Waals surface area contributed by atoms with Crippen molar-refractivity contribution in [1.29, 1.82) is 5.26 Å².